The second kappa shape index (κ2) is 7.94. The number of aryl methyl sites for hydroxylation is 1. The van der Waals surface area contributed by atoms with Crippen LogP contribution >= 0.6 is 22.6 Å². The highest BCUT2D eigenvalue weighted by molar-refractivity contribution is 14.1. The van der Waals surface area contributed by atoms with E-state index in [2.05, 4.69) is 32.6 Å². The Morgan fingerprint density at radius 3 is 1.96 bits per heavy atom. The molecule has 8 heteroatoms. The fourth-order valence-corrected chi connectivity index (χ4v) is 3.01. The molecule has 4 nitrogen and oxygen atoms in total. The highest BCUT2D eigenvalue weighted by atomic mass is 127. The van der Waals surface area contributed by atoms with Crippen molar-refractivity contribution in [2.75, 3.05) is 23.9 Å². The van der Waals surface area contributed by atoms with Crippen LogP contribution in [0.2, 0.25) is 0 Å². The van der Waals surface area contributed by atoms with E-state index in [1.165, 1.54) is 4.90 Å². The molecule has 146 valence electrons. The SMILES string of the molecule is Cc1ccc(N(C)c2ncc(C(F)(F)F)c(N(C)c3ccc(I)cc3)n2)cc1. The Morgan fingerprint density at radius 1 is 0.857 bits per heavy atom. The van der Waals surface area contributed by atoms with Crippen molar-refractivity contribution >= 4 is 45.7 Å². The van der Waals surface area contributed by atoms with Gasteiger partial charge in [0.2, 0.25) is 5.95 Å². The van der Waals surface area contributed by atoms with Gasteiger partial charge in [-0.1, -0.05) is 17.7 Å². The van der Waals surface area contributed by atoms with Crippen LogP contribution in [-0.4, -0.2) is 24.1 Å². The largest absolute Gasteiger partial charge is 0.421 e. The molecule has 1 heterocycles. The highest BCUT2D eigenvalue weighted by Crippen LogP contribution is 2.38. The van der Waals surface area contributed by atoms with Gasteiger partial charge in [0.25, 0.3) is 0 Å². The van der Waals surface area contributed by atoms with Crippen molar-refractivity contribution in [2.45, 2.75) is 13.1 Å². The molecule has 0 atom stereocenters. The molecule has 0 spiro atoms. The first-order chi connectivity index (χ1) is 13.2. The van der Waals surface area contributed by atoms with Crippen molar-refractivity contribution in [1.82, 2.24) is 9.97 Å². The number of aromatic nitrogens is 2. The van der Waals surface area contributed by atoms with Gasteiger partial charge in [0.15, 0.2) is 5.82 Å². The lowest BCUT2D eigenvalue weighted by Gasteiger charge is -2.25. The molecule has 3 rings (SSSR count). The van der Waals surface area contributed by atoms with Crippen LogP contribution in [0, 0.1) is 10.5 Å². The molecule has 0 aliphatic rings. The van der Waals surface area contributed by atoms with E-state index in [1.807, 2.05) is 43.3 Å². The van der Waals surface area contributed by atoms with Crippen molar-refractivity contribution in [1.29, 1.82) is 0 Å². The molecule has 0 saturated carbocycles. The van der Waals surface area contributed by atoms with Gasteiger partial charge in [-0.25, -0.2) is 4.98 Å². The lowest BCUT2D eigenvalue weighted by molar-refractivity contribution is -0.137. The maximum atomic E-state index is 13.6. The summed E-state index contributed by atoms with van der Waals surface area (Å²) in [5.41, 5.74) is 1.60. The van der Waals surface area contributed by atoms with Gasteiger partial charge in [-0.2, -0.15) is 18.2 Å². The molecular weight excluding hydrogens is 480 g/mol. The summed E-state index contributed by atoms with van der Waals surface area (Å²) in [7, 11) is 3.29. The molecule has 2 aromatic carbocycles. The first-order valence-corrected chi connectivity index (χ1v) is 9.48. The molecule has 1 aromatic heterocycles. The van der Waals surface area contributed by atoms with Gasteiger partial charge in [0, 0.05) is 35.2 Å². The summed E-state index contributed by atoms with van der Waals surface area (Å²) in [6, 6.07) is 14.8. The molecule has 28 heavy (non-hydrogen) atoms. The average molecular weight is 498 g/mol. The van der Waals surface area contributed by atoms with Gasteiger partial charge in [-0.3, -0.25) is 0 Å². The van der Waals surface area contributed by atoms with Gasteiger partial charge >= 0.3 is 6.18 Å². The predicted octanol–water partition coefficient (Wildman–Crippen LogP) is 5.94. The third kappa shape index (κ3) is 4.37. The number of hydrogen-bond acceptors (Lipinski definition) is 4. The van der Waals surface area contributed by atoms with Crippen molar-refractivity contribution in [3.05, 3.63) is 69.4 Å². The average Bonchev–Trinajstić information content (AvgIpc) is 2.67. The Kier molecular flexibility index (Phi) is 5.78. The number of anilines is 4. The molecule has 0 radical (unpaired) electrons. The molecule has 0 unspecified atom stereocenters. The van der Waals surface area contributed by atoms with E-state index in [0.717, 1.165) is 21.0 Å². The van der Waals surface area contributed by atoms with Crippen LogP contribution < -0.4 is 9.80 Å². The smallest absolute Gasteiger partial charge is 0.329 e. The summed E-state index contributed by atoms with van der Waals surface area (Å²) >= 11 is 2.15. The van der Waals surface area contributed by atoms with Gasteiger partial charge in [-0.15, -0.1) is 0 Å². The first kappa shape index (κ1) is 20.4. The minimum atomic E-state index is -4.56. The Morgan fingerprint density at radius 2 is 1.39 bits per heavy atom. The summed E-state index contributed by atoms with van der Waals surface area (Å²) in [6.07, 6.45) is -3.72. The molecule has 0 fully saturated rings. The van der Waals surface area contributed by atoms with Crippen LogP contribution in [0.15, 0.2) is 54.7 Å². The van der Waals surface area contributed by atoms with E-state index in [0.29, 0.717) is 5.69 Å². The summed E-state index contributed by atoms with van der Waals surface area (Å²) in [5, 5.41) is 0. The number of alkyl halides is 3. The fourth-order valence-electron chi connectivity index (χ4n) is 2.65. The van der Waals surface area contributed by atoms with Gasteiger partial charge in [0.05, 0.1) is 0 Å². The van der Waals surface area contributed by atoms with E-state index >= 15 is 0 Å². The van der Waals surface area contributed by atoms with Crippen molar-refractivity contribution in [3.63, 3.8) is 0 Å². The lowest BCUT2D eigenvalue weighted by atomic mass is 10.2. The third-order valence-electron chi connectivity index (χ3n) is 4.31. The van der Waals surface area contributed by atoms with Crippen molar-refractivity contribution in [2.24, 2.45) is 0 Å². The quantitative estimate of drug-likeness (QED) is 0.417. The van der Waals surface area contributed by atoms with E-state index in [-0.39, 0.29) is 11.8 Å². The van der Waals surface area contributed by atoms with Crippen LogP contribution in [0.25, 0.3) is 0 Å². The molecule has 0 aliphatic carbocycles. The second-order valence-electron chi connectivity index (χ2n) is 6.34. The summed E-state index contributed by atoms with van der Waals surface area (Å²) in [6.45, 7) is 1.96. The van der Waals surface area contributed by atoms with E-state index < -0.39 is 11.7 Å². The summed E-state index contributed by atoms with van der Waals surface area (Å²) in [4.78, 5) is 11.3. The summed E-state index contributed by atoms with van der Waals surface area (Å²) < 4.78 is 41.7. The number of hydrogen-bond donors (Lipinski definition) is 0. The summed E-state index contributed by atoms with van der Waals surface area (Å²) in [5.74, 6) is -0.0121. The Hall–Kier alpha value is -2.36. The van der Waals surface area contributed by atoms with Crippen molar-refractivity contribution < 1.29 is 13.2 Å². The maximum Gasteiger partial charge on any atom is 0.421 e. The predicted molar refractivity (Wildman–Crippen MR) is 113 cm³/mol. The van der Waals surface area contributed by atoms with Crippen molar-refractivity contribution in [3.8, 4) is 0 Å². The van der Waals surface area contributed by atoms with Gasteiger partial charge < -0.3 is 9.80 Å². The number of halogens is 4. The zero-order valence-electron chi connectivity index (χ0n) is 15.5. The van der Waals surface area contributed by atoms with Crippen LogP contribution in [0.5, 0.6) is 0 Å². The number of benzene rings is 2. The third-order valence-corrected chi connectivity index (χ3v) is 5.03. The van der Waals surface area contributed by atoms with Gasteiger partial charge in [-0.05, 0) is 65.9 Å². The van der Waals surface area contributed by atoms with Crippen LogP contribution in [0.1, 0.15) is 11.1 Å². The Labute approximate surface area is 175 Å². The standard InChI is InChI=1S/C20H18F3IN4/c1-13-4-8-16(9-5-13)28(3)19-25-12-17(20(21,22)23)18(26-19)27(2)15-10-6-14(24)7-11-15/h4-12H,1-3H3. The molecule has 3 aromatic rings. The van der Waals surface area contributed by atoms with Crippen LogP contribution in [0.4, 0.5) is 36.3 Å². The lowest BCUT2D eigenvalue weighted by Crippen LogP contribution is -2.21. The molecule has 0 bridgehead atoms. The van der Waals surface area contributed by atoms with E-state index in [9.17, 15) is 13.2 Å². The number of rotatable bonds is 4. The minimum absolute atomic E-state index is 0.184. The Balaban J connectivity index is 2.06. The maximum absolute atomic E-state index is 13.6. The van der Waals surface area contributed by atoms with Crippen LogP contribution in [-0.2, 0) is 6.18 Å². The first-order valence-electron chi connectivity index (χ1n) is 8.41. The molecule has 0 amide bonds. The molecule has 0 N–H and O–H groups in total. The molecule has 0 aliphatic heterocycles. The van der Waals surface area contributed by atoms with E-state index in [1.54, 1.807) is 31.1 Å². The van der Waals surface area contributed by atoms with E-state index in [4.69, 9.17) is 0 Å². The second-order valence-corrected chi connectivity index (χ2v) is 7.58. The zero-order chi connectivity index (χ0) is 20.5. The van der Waals surface area contributed by atoms with Crippen LogP contribution in [0.3, 0.4) is 0 Å². The normalized spacial score (nSPS) is 11.4. The zero-order valence-corrected chi connectivity index (χ0v) is 17.7. The topological polar surface area (TPSA) is 32.3 Å². The minimum Gasteiger partial charge on any atom is -0.329 e. The molecular formula is C20H18F3IN4. The van der Waals surface area contributed by atoms with Gasteiger partial charge in [0.1, 0.15) is 5.56 Å². The highest BCUT2D eigenvalue weighted by Gasteiger charge is 2.37. The number of nitrogens with zero attached hydrogens (tertiary/aromatic N) is 4. The fraction of sp³-hybridized carbons (Fsp3) is 0.200. The monoisotopic (exact) mass is 498 g/mol. The molecule has 0 saturated heterocycles. The Bertz CT molecular complexity index is 957.